The second kappa shape index (κ2) is 7.43. The van der Waals surface area contributed by atoms with E-state index in [0.29, 0.717) is 13.2 Å². The van der Waals surface area contributed by atoms with Crippen molar-refractivity contribution < 1.29 is 14.2 Å². The van der Waals surface area contributed by atoms with Crippen molar-refractivity contribution in [2.75, 3.05) is 20.3 Å². The van der Waals surface area contributed by atoms with Gasteiger partial charge < -0.3 is 14.2 Å². The molecular weight excluding hydrogens is 300 g/mol. The van der Waals surface area contributed by atoms with Gasteiger partial charge >= 0.3 is 0 Å². The lowest BCUT2D eigenvalue weighted by molar-refractivity contribution is 0.319. The van der Waals surface area contributed by atoms with Gasteiger partial charge in [0, 0.05) is 21.5 Å². The number of hydrogen-bond acceptors (Lipinski definition) is 3. The Kier molecular flexibility index (Phi) is 5.09. The first-order chi connectivity index (χ1) is 11.8. The lowest BCUT2D eigenvalue weighted by Gasteiger charge is -2.18. The van der Waals surface area contributed by atoms with Gasteiger partial charge in [-0.25, -0.2) is 0 Å². The van der Waals surface area contributed by atoms with Crippen molar-refractivity contribution in [2.45, 2.75) is 26.7 Å². The van der Waals surface area contributed by atoms with Crippen LogP contribution in [0, 0.1) is 0 Å². The Balaban J connectivity index is 2.34. The van der Waals surface area contributed by atoms with E-state index < -0.39 is 0 Å². The first-order valence-electron chi connectivity index (χ1n) is 8.58. The zero-order valence-corrected chi connectivity index (χ0v) is 14.6. The molecule has 0 N–H and O–H groups in total. The van der Waals surface area contributed by atoms with Gasteiger partial charge in [-0.2, -0.15) is 0 Å². The number of benzene rings is 3. The summed E-state index contributed by atoms with van der Waals surface area (Å²) in [7, 11) is 1.68. The van der Waals surface area contributed by atoms with Crippen LogP contribution in [0.5, 0.6) is 17.2 Å². The molecule has 0 spiro atoms. The summed E-state index contributed by atoms with van der Waals surface area (Å²) in [4.78, 5) is 0. The first kappa shape index (κ1) is 16.4. The average molecular weight is 324 g/mol. The highest BCUT2D eigenvalue weighted by Gasteiger charge is 2.16. The molecule has 0 aliphatic rings. The molecule has 0 radical (unpaired) electrons. The molecule has 0 atom stereocenters. The predicted molar refractivity (Wildman–Crippen MR) is 99.6 cm³/mol. The number of methoxy groups -OCH3 is 1. The summed E-state index contributed by atoms with van der Waals surface area (Å²) in [6, 6.07) is 14.3. The van der Waals surface area contributed by atoms with Gasteiger partial charge in [0.25, 0.3) is 0 Å². The molecule has 3 heteroatoms. The molecule has 0 unspecified atom stereocenters. The molecule has 126 valence electrons. The maximum Gasteiger partial charge on any atom is 0.135 e. The van der Waals surface area contributed by atoms with Crippen molar-refractivity contribution in [3.8, 4) is 17.2 Å². The van der Waals surface area contributed by atoms with Gasteiger partial charge in [-0.05, 0) is 31.0 Å². The molecule has 3 aromatic carbocycles. The Bertz CT molecular complexity index is 839. The first-order valence-corrected chi connectivity index (χ1v) is 8.58. The van der Waals surface area contributed by atoms with E-state index in [9.17, 15) is 0 Å². The highest BCUT2D eigenvalue weighted by Crippen LogP contribution is 2.44. The molecule has 0 aliphatic heterocycles. The Morgan fingerprint density at radius 1 is 0.708 bits per heavy atom. The zero-order valence-electron chi connectivity index (χ0n) is 14.6. The minimum Gasteiger partial charge on any atom is -0.497 e. The molecule has 24 heavy (non-hydrogen) atoms. The number of fused-ring (bicyclic) bond motifs is 2. The predicted octanol–water partition coefficient (Wildman–Crippen LogP) is 5.58. The summed E-state index contributed by atoms with van der Waals surface area (Å²) in [6.45, 7) is 5.61. The third-order valence-electron chi connectivity index (χ3n) is 4.03. The van der Waals surface area contributed by atoms with Crippen LogP contribution in [0.1, 0.15) is 26.7 Å². The van der Waals surface area contributed by atoms with Crippen molar-refractivity contribution in [3.63, 3.8) is 0 Å². The van der Waals surface area contributed by atoms with Gasteiger partial charge in [0.2, 0.25) is 0 Å². The topological polar surface area (TPSA) is 27.7 Å². The molecule has 0 amide bonds. The smallest absolute Gasteiger partial charge is 0.135 e. The third kappa shape index (κ3) is 2.99. The normalized spacial score (nSPS) is 11.0. The minimum absolute atomic E-state index is 0.686. The van der Waals surface area contributed by atoms with E-state index in [-0.39, 0.29) is 0 Å². The fourth-order valence-electron chi connectivity index (χ4n) is 2.92. The van der Waals surface area contributed by atoms with Crippen LogP contribution >= 0.6 is 0 Å². The van der Waals surface area contributed by atoms with Crippen LogP contribution in [0.3, 0.4) is 0 Å². The fraction of sp³-hybridized carbons (Fsp3) is 0.333. The summed E-state index contributed by atoms with van der Waals surface area (Å²) < 4.78 is 17.7. The number of ether oxygens (including phenoxy) is 3. The van der Waals surface area contributed by atoms with E-state index in [1.54, 1.807) is 7.11 Å². The van der Waals surface area contributed by atoms with Crippen molar-refractivity contribution >= 4 is 21.5 Å². The van der Waals surface area contributed by atoms with Crippen LogP contribution in [-0.2, 0) is 0 Å². The molecule has 0 fully saturated rings. The van der Waals surface area contributed by atoms with Gasteiger partial charge in [-0.3, -0.25) is 0 Å². The molecule has 0 saturated carbocycles. The Labute approximate surface area is 143 Å². The van der Waals surface area contributed by atoms with Crippen LogP contribution in [0.15, 0.2) is 42.5 Å². The van der Waals surface area contributed by atoms with E-state index >= 15 is 0 Å². The molecule has 0 bridgehead atoms. The molecule has 0 aromatic heterocycles. The molecule has 3 nitrogen and oxygen atoms in total. The van der Waals surface area contributed by atoms with Gasteiger partial charge in [-0.1, -0.05) is 38.1 Å². The van der Waals surface area contributed by atoms with E-state index in [0.717, 1.165) is 51.6 Å². The van der Waals surface area contributed by atoms with Gasteiger partial charge in [-0.15, -0.1) is 0 Å². The van der Waals surface area contributed by atoms with Crippen molar-refractivity contribution in [1.82, 2.24) is 0 Å². The van der Waals surface area contributed by atoms with Gasteiger partial charge in [0.15, 0.2) is 0 Å². The lowest BCUT2D eigenvalue weighted by atomic mass is 10.00. The van der Waals surface area contributed by atoms with Crippen molar-refractivity contribution in [2.24, 2.45) is 0 Å². The maximum absolute atomic E-state index is 6.13. The van der Waals surface area contributed by atoms with E-state index in [4.69, 9.17) is 14.2 Å². The Morgan fingerprint density at radius 3 is 1.79 bits per heavy atom. The highest BCUT2D eigenvalue weighted by atomic mass is 16.5. The quantitative estimate of drug-likeness (QED) is 0.531. The Morgan fingerprint density at radius 2 is 1.25 bits per heavy atom. The Hall–Kier alpha value is -2.42. The van der Waals surface area contributed by atoms with Crippen molar-refractivity contribution in [3.05, 3.63) is 42.5 Å². The summed E-state index contributed by atoms with van der Waals surface area (Å²) in [5.41, 5.74) is 0. The van der Waals surface area contributed by atoms with Crippen LogP contribution in [0.4, 0.5) is 0 Å². The molecule has 3 aromatic rings. The summed E-state index contributed by atoms with van der Waals surface area (Å²) >= 11 is 0. The molecular formula is C21H24O3. The lowest BCUT2D eigenvalue weighted by Crippen LogP contribution is -2.01. The molecule has 0 heterocycles. The second-order valence-electron chi connectivity index (χ2n) is 5.81. The van der Waals surface area contributed by atoms with Gasteiger partial charge in [0.1, 0.15) is 17.2 Å². The maximum atomic E-state index is 6.13. The number of hydrogen-bond donors (Lipinski definition) is 0. The standard InChI is InChI=1S/C21H24O3/c1-4-12-23-20-16-8-6-7-9-17(16)21(24-13-5-2)19-14-15(22-3)10-11-18(19)20/h6-11,14H,4-5,12-13H2,1-3H3. The van der Waals surface area contributed by atoms with E-state index in [1.807, 2.05) is 24.3 Å². The summed E-state index contributed by atoms with van der Waals surface area (Å²) in [5.74, 6) is 2.65. The monoisotopic (exact) mass is 324 g/mol. The van der Waals surface area contributed by atoms with Crippen LogP contribution in [0.2, 0.25) is 0 Å². The van der Waals surface area contributed by atoms with Crippen molar-refractivity contribution in [1.29, 1.82) is 0 Å². The van der Waals surface area contributed by atoms with Gasteiger partial charge in [0.05, 0.1) is 20.3 Å². The largest absolute Gasteiger partial charge is 0.497 e. The minimum atomic E-state index is 0.686. The average Bonchev–Trinajstić information content (AvgIpc) is 2.64. The highest BCUT2D eigenvalue weighted by molar-refractivity contribution is 6.11. The van der Waals surface area contributed by atoms with E-state index in [2.05, 4.69) is 32.0 Å². The third-order valence-corrected chi connectivity index (χ3v) is 4.03. The van der Waals surface area contributed by atoms with Crippen LogP contribution < -0.4 is 14.2 Å². The van der Waals surface area contributed by atoms with Crippen LogP contribution in [0.25, 0.3) is 21.5 Å². The van der Waals surface area contributed by atoms with Crippen LogP contribution in [-0.4, -0.2) is 20.3 Å². The molecule has 0 aliphatic carbocycles. The fourth-order valence-corrected chi connectivity index (χ4v) is 2.92. The molecule has 0 saturated heterocycles. The SMILES string of the molecule is CCCOc1c2ccccc2c(OCCC)c2cc(OC)ccc12. The molecule has 3 rings (SSSR count). The second-order valence-corrected chi connectivity index (χ2v) is 5.81. The van der Waals surface area contributed by atoms with E-state index in [1.165, 1.54) is 0 Å². The summed E-state index contributed by atoms with van der Waals surface area (Å²) in [5, 5.41) is 4.27. The summed E-state index contributed by atoms with van der Waals surface area (Å²) in [6.07, 6.45) is 1.94. The zero-order chi connectivity index (χ0) is 16.9. The number of rotatable bonds is 7.